The zero-order valence-corrected chi connectivity index (χ0v) is 8.44. The van der Waals surface area contributed by atoms with E-state index < -0.39 is 9.90 Å². The maximum atomic E-state index is 8.94. The van der Waals surface area contributed by atoms with Crippen molar-refractivity contribution in [3.8, 4) is 0 Å². The third-order valence-corrected chi connectivity index (χ3v) is 1.55. The van der Waals surface area contributed by atoms with Gasteiger partial charge in [0.1, 0.15) is 6.10 Å². The minimum Gasteiger partial charge on any atom is -0.388 e. The highest BCUT2D eigenvalue weighted by molar-refractivity contribution is 6.68. The van der Waals surface area contributed by atoms with Crippen molar-refractivity contribution in [3.63, 3.8) is 0 Å². The second-order valence-corrected chi connectivity index (χ2v) is 4.16. The Kier molecular flexibility index (Phi) is 6.78. The molecule has 0 aliphatic carbocycles. The summed E-state index contributed by atoms with van der Waals surface area (Å²) < 4.78 is -1.76. The number of aliphatic hydroxyl groups is 1. The first-order valence-electron chi connectivity index (χ1n) is 2.41. The molecule has 4 N–H and O–H groups in total. The lowest BCUT2D eigenvalue weighted by atomic mass is 10.3. The van der Waals surface area contributed by atoms with Gasteiger partial charge in [-0.3, -0.25) is 5.41 Å². The summed E-state index contributed by atoms with van der Waals surface area (Å²) in [6.45, 7) is 0. The van der Waals surface area contributed by atoms with Crippen molar-refractivity contribution in [2.45, 2.75) is 16.3 Å². The Morgan fingerprint density at radius 2 is 1.91 bits per heavy atom. The first kappa shape index (κ1) is 14.1. The molecule has 1 unspecified atom stereocenters. The fourth-order valence-corrected chi connectivity index (χ4v) is 0.555. The third-order valence-electron chi connectivity index (χ3n) is 0.791. The largest absolute Gasteiger partial charge is 0.388 e. The van der Waals surface area contributed by atoms with E-state index in [-0.39, 0.29) is 24.7 Å². The predicted molar refractivity (Wildman–Crippen MR) is 50.1 cm³/mol. The molecule has 3 nitrogen and oxygen atoms in total. The lowest BCUT2D eigenvalue weighted by molar-refractivity contribution is 0.186. The molecule has 7 heteroatoms. The molecular formula is C4H8Cl4N2O. The number of nitrogens with two attached hydrogens (primary N) is 1. The molecule has 0 aliphatic heterocycles. The van der Waals surface area contributed by atoms with Gasteiger partial charge in [0.05, 0.1) is 5.84 Å². The van der Waals surface area contributed by atoms with Gasteiger partial charge in [-0.15, -0.1) is 12.4 Å². The highest BCUT2D eigenvalue weighted by atomic mass is 35.6. The van der Waals surface area contributed by atoms with E-state index in [1.807, 2.05) is 0 Å². The molecule has 0 aromatic carbocycles. The van der Waals surface area contributed by atoms with Crippen LogP contribution in [0.2, 0.25) is 0 Å². The molecule has 0 fully saturated rings. The number of amidine groups is 1. The van der Waals surface area contributed by atoms with Gasteiger partial charge in [-0.2, -0.15) is 0 Å². The van der Waals surface area contributed by atoms with Gasteiger partial charge in [-0.25, -0.2) is 0 Å². The number of rotatable bonds is 2. The van der Waals surface area contributed by atoms with Crippen molar-refractivity contribution in [1.29, 1.82) is 5.41 Å². The number of alkyl halides is 3. The summed E-state index contributed by atoms with van der Waals surface area (Å²) in [6.07, 6.45) is -1.34. The molecule has 0 radical (unpaired) electrons. The molecule has 0 saturated heterocycles. The zero-order chi connectivity index (χ0) is 8.36. The summed E-state index contributed by atoms with van der Waals surface area (Å²) in [5, 5.41) is 15.7. The van der Waals surface area contributed by atoms with E-state index in [4.69, 9.17) is 51.1 Å². The number of aliphatic hydroxyl groups excluding tert-OH is 1. The van der Waals surface area contributed by atoms with Crippen molar-refractivity contribution in [2.75, 3.05) is 0 Å². The van der Waals surface area contributed by atoms with Crippen LogP contribution in [0.1, 0.15) is 6.42 Å². The molecule has 0 rings (SSSR count). The van der Waals surface area contributed by atoms with Crippen LogP contribution in [0.15, 0.2) is 0 Å². The van der Waals surface area contributed by atoms with E-state index in [0.717, 1.165) is 0 Å². The molecule has 0 amide bonds. The Morgan fingerprint density at radius 1 is 1.55 bits per heavy atom. The maximum absolute atomic E-state index is 8.94. The van der Waals surface area contributed by atoms with Crippen molar-refractivity contribution < 1.29 is 5.11 Å². The molecule has 11 heavy (non-hydrogen) atoms. The Labute approximate surface area is 85.7 Å². The average molecular weight is 242 g/mol. The molecule has 0 spiro atoms. The molecular weight excluding hydrogens is 234 g/mol. The summed E-state index contributed by atoms with van der Waals surface area (Å²) in [5.74, 6) is -0.209. The fraction of sp³-hybridized carbons (Fsp3) is 0.750. The van der Waals surface area contributed by atoms with Crippen LogP contribution >= 0.6 is 47.2 Å². The van der Waals surface area contributed by atoms with Crippen LogP contribution in [0.3, 0.4) is 0 Å². The van der Waals surface area contributed by atoms with Crippen molar-refractivity contribution in [2.24, 2.45) is 5.73 Å². The molecule has 68 valence electrons. The summed E-state index contributed by atoms with van der Waals surface area (Å²) in [4.78, 5) is 0. The minimum atomic E-state index is -1.76. The second kappa shape index (κ2) is 5.27. The molecule has 0 aromatic rings. The number of nitrogens with one attached hydrogen (secondary N) is 1. The Morgan fingerprint density at radius 3 is 2.00 bits per heavy atom. The van der Waals surface area contributed by atoms with E-state index in [9.17, 15) is 0 Å². The van der Waals surface area contributed by atoms with Gasteiger partial charge in [0.25, 0.3) is 0 Å². The monoisotopic (exact) mass is 240 g/mol. The van der Waals surface area contributed by atoms with Gasteiger partial charge in [0.2, 0.25) is 3.79 Å². The van der Waals surface area contributed by atoms with E-state index in [1.54, 1.807) is 0 Å². The second-order valence-electron chi connectivity index (χ2n) is 1.79. The standard InChI is InChI=1S/C4H7Cl3N2O.ClH/c5-4(6,7)2(10)1-3(8)9;/h2,10H,1H2,(H3,8,9);1H. The quantitative estimate of drug-likeness (QED) is 0.389. The van der Waals surface area contributed by atoms with Crippen LogP contribution < -0.4 is 5.73 Å². The van der Waals surface area contributed by atoms with Gasteiger partial charge in [-0.1, -0.05) is 34.8 Å². The van der Waals surface area contributed by atoms with Crippen molar-refractivity contribution in [3.05, 3.63) is 0 Å². The van der Waals surface area contributed by atoms with Crippen LogP contribution in [-0.4, -0.2) is 20.8 Å². The van der Waals surface area contributed by atoms with Crippen LogP contribution in [0.4, 0.5) is 0 Å². The smallest absolute Gasteiger partial charge is 0.216 e. The molecule has 0 heterocycles. The van der Waals surface area contributed by atoms with Gasteiger partial charge in [-0.05, 0) is 0 Å². The number of halogens is 4. The van der Waals surface area contributed by atoms with Crippen LogP contribution in [-0.2, 0) is 0 Å². The minimum absolute atomic E-state index is 0. The summed E-state index contributed by atoms with van der Waals surface area (Å²) >= 11 is 15.8. The number of hydrogen-bond acceptors (Lipinski definition) is 2. The zero-order valence-electron chi connectivity index (χ0n) is 5.35. The van der Waals surface area contributed by atoms with Crippen LogP contribution in [0.5, 0.6) is 0 Å². The summed E-state index contributed by atoms with van der Waals surface area (Å²) in [7, 11) is 0. The number of hydrogen-bond donors (Lipinski definition) is 3. The Hall–Kier alpha value is 0.590. The predicted octanol–water partition coefficient (Wildman–Crippen LogP) is 1.47. The molecule has 0 aromatic heterocycles. The van der Waals surface area contributed by atoms with Gasteiger partial charge in [0, 0.05) is 6.42 Å². The maximum Gasteiger partial charge on any atom is 0.216 e. The third kappa shape index (κ3) is 6.97. The average Bonchev–Trinajstić information content (AvgIpc) is 1.60. The Bertz CT molecular complexity index is 135. The van der Waals surface area contributed by atoms with E-state index in [1.165, 1.54) is 0 Å². The molecule has 1 atom stereocenters. The van der Waals surface area contributed by atoms with Crippen LogP contribution in [0.25, 0.3) is 0 Å². The van der Waals surface area contributed by atoms with Crippen molar-refractivity contribution >= 4 is 53.0 Å². The first-order valence-corrected chi connectivity index (χ1v) is 3.55. The highest BCUT2D eigenvalue weighted by Crippen LogP contribution is 2.31. The van der Waals surface area contributed by atoms with E-state index in [0.29, 0.717) is 0 Å². The van der Waals surface area contributed by atoms with Gasteiger partial charge in [0.15, 0.2) is 0 Å². The van der Waals surface area contributed by atoms with Gasteiger partial charge < -0.3 is 10.8 Å². The highest BCUT2D eigenvalue weighted by Gasteiger charge is 2.30. The first-order chi connectivity index (χ1) is 4.34. The fourth-order valence-electron chi connectivity index (χ4n) is 0.324. The van der Waals surface area contributed by atoms with E-state index >= 15 is 0 Å². The topological polar surface area (TPSA) is 70.1 Å². The molecule has 0 aliphatic rings. The van der Waals surface area contributed by atoms with E-state index in [2.05, 4.69) is 0 Å². The normalized spacial score (nSPS) is 13.5. The molecule has 0 bridgehead atoms. The lowest BCUT2D eigenvalue weighted by Gasteiger charge is -2.17. The SMILES string of the molecule is Cl.N=C(N)CC(O)C(Cl)(Cl)Cl. The summed E-state index contributed by atoms with van der Waals surface area (Å²) in [6, 6.07) is 0. The summed E-state index contributed by atoms with van der Waals surface area (Å²) in [5.41, 5.74) is 4.94. The molecule has 0 saturated carbocycles. The Balaban J connectivity index is 0. The van der Waals surface area contributed by atoms with Gasteiger partial charge >= 0.3 is 0 Å². The van der Waals surface area contributed by atoms with Crippen LogP contribution in [0, 0.1) is 5.41 Å². The van der Waals surface area contributed by atoms with Crippen molar-refractivity contribution in [1.82, 2.24) is 0 Å². The lowest BCUT2D eigenvalue weighted by Crippen LogP contribution is -2.30.